The second-order valence-electron chi connectivity index (χ2n) is 3.03. The molecule has 0 heterocycles. The van der Waals surface area contributed by atoms with Gasteiger partial charge in [-0.1, -0.05) is 0 Å². The summed E-state index contributed by atoms with van der Waals surface area (Å²) in [6.07, 6.45) is -4.68. The van der Waals surface area contributed by atoms with Crippen LogP contribution in [0.25, 0.3) is 0 Å². The lowest BCUT2D eigenvalue weighted by Gasteiger charge is -2.11. The molecular weight excluding hydrogens is 264 g/mol. The Bertz CT molecular complexity index is 368. The van der Waals surface area contributed by atoms with Crippen molar-refractivity contribution >= 4 is 11.6 Å². The lowest BCUT2D eigenvalue weighted by molar-refractivity contribution is -0.325. The van der Waals surface area contributed by atoms with E-state index in [1.54, 1.807) is 0 Å². The van der Waals surface area contributed by atoms with Crippen LogP contribution in [0.15, 0.2) is 18.2 Å². The zero-order chi connectivity index (χ0) is 12.9. The minimum atomic E-state index is -4.68. The van der Waals surface area contributed by atoms with E-state index in [-0.39, 0.29) is 18.2 Å². The Labute approximate surface area is 100 Å². The molecule has 0 amide bonds. The first-order valence-electron chi connectivity index (χ1n) is 4.60. The fourth-order valence-electron chi connectivity index (χ4n) is 1.10. The Morgan fingerprint density at radius 3 is 2.47 bits per heavy atom. The number of hydrogen-bond donors (Lipinski definition) is 0. The molecule has 17 heavy (non-hydrogen) atoms. The molecular formula is C10H9ClF4O2. The van der Waals surface area contributed by atoms with E-state index in [0.29, 0.717) is 5.56 Å². The van der Waals surface area contributed by atoms with Crippen LogP contribution in [-0.2, 0) is 10.6 Å². The molecule has 1 aromatic carbocycles. The zero-order valence-corrected chi connectivity index (χ0v) is 9.32. The molecule has 0 aliphatic heterocycles. The first-order chi connectivity index (χ1) is 7.92. The summed E-state index contributed by atoms with van der Waals surface area (Å²) < 4.78 is 56.2. The third-order valence-corrected chi connectivity index (χ3v) is 2.06. The molecule has 0 unspecified atom stereocenters. The maximum Gasteiger partial charge on any atom is 0.522 e. The Balaban J connectivity index is 2.46. The van der Waals surface area contributed by atoms with Crippen LogP contribution in [0.1, 0.15) is 5.56 Å². The minimum absolute atomic E-state index is 0.00716. The maximum atomic E-state index is 12.8. The van der Waals surface area contributed by atoms with E-state index < -0.39 is 18.8 Å². The average molecular weight is 273 g/mol. The monoisotopic (exact) mass is 272 g/mol. The zero-order valence-electron chi connectivity index (χ0n) is 8.56. The molecule has 1 aromatic rings. The summed E-state index contributed by atoms with van der Waals surface area (Å²) in [5, 5.41) is 0. The summed E-state index contributed by atoms with van der Waals surface area (Å²) in [6, 6.07) is 3.60. The molecule has 1 rings (SSSR count). The summed E-state index contributed by atoms with van der Waals surface area (Å²) in [6.45, 7) is -0.933. The van der Waals surface area contributed by atoms with E-state index in [2.05, 4.69) is 4.74 Å². The van der Waals surface area contributed by atoms with Gasteiger partial charge in [0, 0.05) is 5.56 Å². The minimum Gasteiger partial charge on any atom is -0.491 e. The lowest BCUT2D eigenvalue weighted by Crippen LogP contribution is -2.18. The quantitative estimate of drug-likeness (QED) is 0.464. The molecule has 96 valence electrons. The number of alkyl halides is 4. The molecule has 0 atom stereocenters. The molecule has 0 fully saturated rings. The van der Waals surface area contributed by atoms with Crippen molar-refractivity contribution in [3.05, 3.63) is 29.6 Å². The Hall–Kier alpha value is -1.01. The molecule has 0 bridgehead atoms. The molecule has 0 saturated heterocycles. The number of halogens is 5. The highest BCUT2D eigenvalue weighted by molar-refractivity contribution is 6.17. The molecule has 0 N–H and O–H groups in total. The van der Waals surface area contributed by atoms with Crippen LogP contribution in [0, 0.1) is 5.82 Å². The fourth-order valence-corrected chi connectivity index (χ4v) is 1.31. The van der Waals surface area contributed by atoms with Gasteiger partial charge in [-0.2, -0.15) is 0 Å². The van der Waals surface area contributed by atoms with Crippen molar-refractivity contribution in [2.75, 3.05) is 13.2 Å². The summed E-state index contributed by atoms with van der Waals surface area (Å²) in [4.78, 5) is 0. The van der Waals surface area contributed by atoms with Gasteiger partial charge in [-0.25, -0.2) is 4.39 Å². The summed E-state index contributed by atoms with van der Waals surface area (Å²) >= 11 is 5.53. The Morgan fingerprint density at radius 2 is 1.88 bits per heavy atom. The van der Waals surface area contributed by atoms with Crippen molar-refractivity contribution < 1.29 is 27.0 Å². The second kappa shape index (κ2) is 6.07. The van der Waals surface area contributed by atoms with Crippen LogP contribution in [0.3, 0.4) is 0 Å². The van der Waals surface area contributed by atoms with Crippen LogP contribution < -0.4 is 4.74 Å². The summed E-state index contributed by atoms with van der Waals surface area (Å²) in [7, 11) is 0. The molecule has 0 radical (unpaired) electrons. The van der Waals surface area contributed by atoms with Crippen LogP contribution in [0.5, 0.6) is 5.75 Å². The standard InChI is InChI=1S/C10H9ClF4O2/c11-6-7-5-8(12)1-2-9(7)16-3-4-17-10(13,14)15/h1-2,5H,3-4,6H2. The number of hydrogen-bond acceptors (Lipinski definition) is 2. The number of rotatable bonds is 5. The highest BCUT2D eigenvalue weighted by Crippen LogP contribution is 2.22. The van der Waals surface area contributed by atoms with E-state index in [1.807, 2.05) is 0 Å². The van der Waals surface area contributed by atoms with E-state index in [0.717, 1.165) is 12.1 Å². The van der Waals surface area contributed by atoms with Crippen molar-refractivity contribution in [2.24, 2.45) is 0 Å². The summed E-state index contributed by atoms with van der Waals surface area (Å²) in [5.74, 6) is -0.237. The van der Waals surface area contributed by atoms with Gasteiger partial charge in [0.15, 0.2) is 0 Å². The third-order valence-electron chi connectivity index (χ3n) is 1.77. The predicted molar refractivity (Wildman–Crippen MR) is 53.5 cm³/mol. The molecule has 0 saturated carbocycles. The Kier molecular flexibility index (Phi) is 5.02. The van der Waals surface area contributed by atoms with Crippen LogP contribution in [-0.4, -0.2) is 19.6 Å². The molecule has 0 aliphatic carbocycles. The van der Waals surface area contributed by atoms with Crippen molar-refractivity contribution in [3.8, 4) is 5.75 Å². The van der Waals surface area contributed by atoms with Crippen molar-refractivity contribution in [3.63, 3.8) is 0 Å². The molecule has 0 spiro atoms. The van der Waals surface area contributed by atoms with Crippen LogP contribution in [0.2, 0.25) is 0 Å². The first-order valence-corrected chi connectivity index (χ1v) is 5.13. The van der Waals surface area contributed by atoms with Gasteiger partial charge in [-0.05, 0) is 18.2 Å². The van der Waals surface area contributed by atoms with Gasteiger partial charge in [0.1, 0.15) is 18.2 Å². The van der Waals surface area contributed by atoms with E-state index in [4.69, 9.17) is 16.3 Å². The normalized spacial score (nSPS) is 11.6. The van der Waals surface area contributed by atoms with Gasteiger partial charge >= 0.3 is 6.36 Å². The molecule has 0 aliphatic rings. The third kappa shape index (κ3) is 5.23. The largest absolute Gasteiger partial charge is 0.522 e. The molecule has 7 heteroatoms. The van der Waals surface area contributed by atoms with Gasteiger partial charge in [0.25, 0.3) is 0 Å². The summed E-state index contributed by atoms with van der Waals surface area (Å²) in [5.41, 5.74) is 0.374. The van der Waals surface area contributed by atoms with Gasteiger partial charge < -0.3 is 4.74 Å². The SMILES string of the molecule is Fc1ccc(OCCOC(F)(F)F)c(CCl)c1. The maximum absolute atomic E-state index is 12.8. The van der Waals surface area contributed by atoms with Crippen molar-refractivity contribution in [1.29, 1.82) is 0 Å². The van der Waals surface area contributed by atoms with E-state index in [1.165, 1.54) is 6.07 Å². The second-order valence-corrected chi connectivity index (χ2v) is 3.30. The van der Waals surface area contributed by atoms with Crippen LogP contribution in [0.4, 0.5) is 17.6 Å². The Morgan fingerprint density at radius 1 is 1.18 bits per heavy atom. The highest BCUT2D eigenvalue weighted by Gasteiger charge is 2.28. The van der Waals surface area contributed by atoms with E-state index in [9.17, 15) is 17.6 Å². The van der Waals surface area contributed by atoms with Gasteiger partial charge in [-0.3, -0.25) is 4.74 Å². The topological polar surface area (TPSA) is 18.5 Å². The van der Waals surface area contributed by atoms with Gasteiger partial charge in [0.2, 0.25) is 0 Å². The predicted octanol–water partition coefficient (Wildman–Crippen LogP) is 3.48. The van der Waals surface area contributed by atoms with Crippen molar-refractivity contribution in [1.82, 2.24) is 0 Å². The van der Waals surface area contributed by atoms with Crippen molar-refractivity contribution in [2.45, 2.75) is 12.2 Å². The number of ether oxygens (including phenoxy) is 2. The first kappa shape index (κ1) is 14.1. The van der Waals surface area contributed by atoms with Gasteiger partial charge in [0.05, 0.1) is 12.5 Å². The fraction of sp³-hybridized carbons (Fsp3) is 0.400. The average Bonchev–Trinajstić information content (AvgIpc) is 2.24. The highest BCUT2D eigenvalue weighted by atomic mass is 35.5. The van der Waals surface area contributed by atoms with Crippen LogP contribution >= 0.6 is 11.6 Å². The lowest BCUT2D eigenvalue weighted by atomic mass is 10.2. The van der Waals surface area contributed by atoms with Gasteiger partial charge in [-0.15, -0.1) is 24.8 Å². The smallest absolute Gasteiger partial charge is 0.491 e. The molecule has 0 aromatic heterocycles. The number of benzene rings is 1. The molecule has 2 nitrogen and oxygen atoms in total. The van der Waals surface area contributed by atoms with E-state index >= 15 is 0 Å².